The number of benzene rings is 1. The van der Waals surface area contributed by atoms with Crippen LogP contribution in [0.1, 0.15) is 31.7 Å². The van der Waals surface area contributed by atoms with Gasteiger partial charge in [-0.1, -0.05) is 40.4 Å². The van der Waals surface area contributed by atoms with Crippen LogP contribution in [0.5, 0.6) is 5.75 Å². The number of piperidine rings is 1. The fourth-order valence-electron chi connectivity index (χ4n) is 3.80. The number of hydrogen-bond acceptors (Lipinski definition) is 4. The largest absolute Gasteiger partial charge is 0.494 e. The van der Waals surface area contributed by atoms with E-state index in [0.717, 1.165) is 43.7 Å². The lowest BCUT2D eigenvalue weighted by atomic mass is 10.0. The van der Waals surface area contributed by atoms with Gasteiger partial charge in [0, 0.05) is 42.6 Å². The van der Waals surface area contributed by atoms with Crippen LogP contribution in [0.4, 0.5) is 20.2 Å². The molecule has 166 valence electrons. The lowest BCUT2D eigenvalue weighted by Crippen LogP contribution is -2.41. The highest BCUT2D eigenvalue weighted by molar-refractivity contribution is 7.17. The molecule has 0 aliphatic carbocycles. The second-order valence-corrected chi connectivity index (χ2v) is 8.26. The summed E-state index contributed by atoms with van der Waals surface area (Å²) in [5.41, 5.74) is -1.28. The van der Waals surface area contributed by atoms with Gasteiger partial charge in [0.2, 0.25) is 0 Å². The van der Waals surface area contributed by atoms with Crippen LogP contribution < -0.4 is 9.64 Å². The van der Waals surface area contributed by atoms with Gasteiger partial charge < -0.3 is 14.5 Å². The molecule has 1 aliphatic heterocycles. The van der Waals surface area contributed by atoms with Gasteiger partial charge in [-0.3, -0.25) is 4.98 Å². The molecule has 31 heavy (non-hydrogen) atoms. The van der Waals surface area contributed by atoms with Crippen LogP contribution in [0, 0.1) is 0 Å². The number of methoxy groups -OCH3 is 1. The van der Waals surface area contributed by atoms with Crippen molar-refractivity contribution in [2.75, 3.05) is 25.1 Å². The van der Waals surface area contributed by atoms with E-state index in [1.54, 1.807) is 40.9 Å². The number of alkyl halides is 2. The summed E-state index contributed by atoms with van der Waals surface area (Å²) in [5, 5.41) is 0. The third-order valence-corrected chi connectivity index (χ3v) is 5.75. The summed E-state index contributed by atoms with van der Waals surface area (Å²) < 4.78 is 32.9. The predicted octanol–water partition coefficient (Wildman–Crippen LogP) is 6.10. The molecule has 7 heteroatoms. The first-order valence-corrected chi connectivity index (χ1v) is 11.1. The van der Waals surface area contributed by atoms with Crippen LogP contribution in [0.15, 0.2) is 67.2 Å². The molecule has 1 saturated heterocycles. The third-order valence-electron chi connectivity index (χ3n) is 5.42. The van der Waals surface area contributed by atoms with Gasteiger partial charge in [-0.15, -0.1) is 0 Å². The SMILES string of the molecule is CCC=CC=CN1CCC(N(c2ccc(C(F)(F)P)cc2)c2cnccc2OC)CC1. The minimum absolute atomic E-state index is 0.0283. The Morgan fingerprint density at radius 3 is 2.52 bits per heavy atom. The average molecular weight is 445 g/mol. The summed E-state index contributed by atoms with van der Waals surface area (Å²) in [7, 11) is 3.22. The Morgan fingerprint density at radius 1 is 1.19 bits per heavy atom. The molecule has 0 spiro atoms. The molecule has 0 bridgehead atoms. The van der Waals surface area contributed by atoms with Gasteiger partial charge in [-0.05, 0) is 43.7 Å². The second kappa shape index (κ2) is 10.7. The molecule has 1 aromatic carbocycles. The molecular weight excluding hydrogens is 415 g/mol. The van der Waals surface area contributed by atoms with E-state index in [0.29, 0.717) is 5.75 Å². The molecule has 0 radical (unpaired) electrons. The topological polar surface area (TPSA) is 28.6 Å². The van der Waals surface area contributed by atoms with Gasteiger partial charge in [0.25, 0.3) is 5.66 Å². The van der Waals surface area contributed by atoms with Crippen LogP contribution in [0.3, 0.4) is 0 Å². The zero-order chi connectivity index (χ0) is 22.3. The van der Waals surface area contributed by atoms with E-state index >= 15 is 0 Å². The van der Waals surface area contributed by atoms with Gasteiger partial charge in [-0.2, -0.15) is 8.78 Å². The quantitative estimate of drug-likeness (QED) is 0.363. The Labute approximate surface area is 185 Å². The highest BCUT2D eigenvalue weighted by Gasteiger charge is 2.29. The van der Waals surface area contributed by atoms with Crippen molar-refractivity contribution in [1.29, 1.82) is 0 Å². The molecule has 1 aromatic heterocycles. The fraction of sp³-hybridized carbons (Fsp3) is 0.375. The first-order chi connectivity index (χ1) is 14.9. The molecule has 1 aliphatic rings. The summed E-state index contributed by atoms with van der Waals surface area (Å²) >= 11 is 0. The van der Waals surface area contributed by atoms with E-state index in [4.69, 9.17) is 4.74 Å². The summed E-state index contributed by atoms with van der Waals surface area (Å²) in [5.74, 6) is 0.711. The number of ether oxygens (including phenoxy) is 1. The number of rotatable bonds is 8. The Hall–Kier alpha value is -2.46. The van der Waals surface area contributed by atoms with Crippen molar-refractivity contribution in [3.05, 3.63) is 72.7 Å². The van der Waals surface area contributed by atoms with E-state index in [1.807, 2.05) is 6.07 Å². The normalized spacial score (nSPS) is 15.7. The summed E-state index contributed by atoms with van der Waals surface area (Å²) in [6.07, 6.45) is 14.8. The van der Waals surface area contributed by atoms with E-state index < -0.39 is 5.66 Å². The molecule has 2 aromatic rings. The van der Waals surface area contributed by atoms with Crippen molar-refractivity contribution >= 4 is 20.6 Å². The van der Waals surface area contributed by atoms with Crippen molar-refractivity contribution in [2.45, 2.75) is 37.9 Å². The van der Waals surface area contributed by atoms with Crippen molar-refractivity contribution in [3.8, 4) is 5.75 Å². The highest BCUT2D eigenvalue weighted by atomic mass is 31.0. The lowest BCUT2D eigenvalue weighted by molar-refractivity contribution is 0.104. The maximum atomic E-state index is 13.7. The van der Waals surface area contributed by atoms with Crippen LogP contribution >= 0.6 is 9.24 Å². The third kappa shape index (κ3) is 6.04. The van der Waals surface area contributed by atoms with Gasteiger partial charge >= 0.3 is 0 Å². The number of aromatic nitrogens is 1. The van der Waals surface area contributed by atoms with Crippen molar-refractivity contribution in [3.63, 3.8) is 0 Å². The zero-order valence-corrected chi connectivity index (χ0v) is 19.2. The number of pyridine rings is 1. The minimum atomic E-state index is -2.95. The number of hydrogen-bond donors (Lipinski definition) is 0. The fourth-order valence-corrected chi connectivity index (χ4v) is 3.99. The highest BCUT2D eigenvalue weighted by Crippen LogP contribution is 2.40. The maximum Gasteiger partial charge on any atom is 0.283 e. The lowest BCUT2D eigenvalue weighted by Gasteiger charge is -2.40. The van der Waals surface area contributed by atoms with E-state index in [-0.39, 0.29) is 11.6 Å². The van der Waals surface area contributed by atoms with E-state index in [1.165, 1.54) is 12.1 Å². The molecule has 1 atom stereocenters. The number of likely N-dealkylation sites (tertiary alicyclic amines) is 1. The first kappa shape index (κ1) is 23.2. The Balaban J connectivity index is 1.86. The second-order valence-electron chi connectivity index (χ2n) is 7.53. The van der Waals surface area contributed by atoms with Crippen molar-refractivity contribution in [1.82, 2.24) is 9.88 Å². The minimum Gasteiger partial charge on any atom is -0.494 e. The predicted molar refractivity (Wildman–Crippen MR) is 126 cm³/mol. The smallest absolute Gasteiger partial charge is 0.283 e. The number of halogens is 2. The first-order valence-electron chi connectivity index (χ1n) is 10.6. The summed E-state index contributed by atoms with van der Waals surface area (Å²) in [4.78, 5) is 8.78. The Morgan fingerprint density at radius 2 is 1.90 bits per heavy atom. The molecular formula is C24H30F2N3OP. The molecule has 1 fully saturated rings. The van der Waals surface area contributed by atoms with Crippen LogP contribution in [-0.4, -0.2) is 36.1 Å². The van der Waals surface area contributed by atoms with Gasteiger partial charge in [0.05, 0.1) is 13.3 Å². The summed E-state index contributed by atoms with van der Waals surface area (Å²) in [6, 6.07) is 8.50. The summed E-state index contributed by atoms with van der Waals surface area (Å²) in [6.45, 7) is 3.95. The Bertz CT molecular complexity index is 888. The number of nitrogens with zero attached hydrogens (tertiary/aromatic N) is 3. The van der Waals surface area contributed by atoms with Gasteiger partial charge in [0.15, 0.2) is 0 Å². The van der Waals surface area contributed by atoms with Gasteiger partial charge in [0.1, 0.15) is 11.4 Å². The number of anilines is 2. The van der Waals surface area contributed by atoms with Gasteiger partial charge in [-0.25, -0.2) is 0 Å². The molecule has 4 nitrogen and oxygen atoms in total. The van der Waals surface area contributed by atoms with Crippen LogP contribution in [-0.2, 0) is 5.66 Å². The van der Waals surface area contributed by atoms with E-state index in [9.17, 15) is 8.78 Å². The van der Waals surface area contributed by atoms with Crippen LogP contribution in [0.2, 0.25) is 0 Å². The maximum absolute atomic E-state index is 13.7. The van der Waals surface area contributed by atoms with Crippen molar-refractivity contribution < 1.29 is 13.5 Å². The number of allylic oxidation sites excluding steroid dienone is 3. The molecule has 0 N–H and O–H groups in total. The van der Waals surface area contributed by atoms with E-state index in [2.05, 4.69) is 46.1 Å². The van der Waals surface area contributed by atoms with Crippen molar-refractivity contribution in [2.24, 2.45) is 0 Å². The zero-order valence-electron chi connectivity index (χ0n) is 18.0. The molecule has 2 heterocycles. The molecule has 3 rings (SSSR count). The monoisotopic (exact) mass is 445 g/mol. The standard InChI is InChI=1S/C24H30F2N3OP/c1-3-4-5-6-15-28-16-12-21(13-17-28)29(22-18-27-14-11-23(22)30-2)20-9-7-19(8-10-20)24(25,26)31/h4-11,14-15,18,21H,3,12-13,16-17,31H2,1-2H3. The average Bonchev–Trinajstić information content (AvgIpc) is 2.78. The molecule has 0 amide bonds. The molecule has 1 unspecified atom stereocenters. The van der Waals surface area contributed by atoms with Crippen LogP contribution in [0.25, 0.3) is 0 Å². The molecule has 0 saturated carbocycles. The Kier molecular flexibility index (Phi) is 8.03.